The SMILES string of the molecule is CCCCCn1nc(C(=O)OCC)cc1N. The fraction of sp³-hybridized carbons (Fsp3) is 0.636. The Kier molecular flexibility index (Phi) is 4.82. The normalized spacial score (nSPS) is 10.4. The van der Waals surface area contributed by atoms with Crippen LogP contribution in [-0.2, 0) is 11.3 Å². The predicted octanol–water partition coefficient (Wildman–Crippen LogP) is 1.83. The number of nitrogens with two attached hydrogens (primary N) is 1. The van der Waals surface area contributed by atoms with E-state index in [1.54, 1.807) is 17.7 Å². The average molecular weight is 225 g/mol. The van der Waals surface area contributed by atoms with Crippen molar-refractivity contribution in [2.75, 3.05) is 12.3 Å². The van der Waals surface area contributed by atoms with E-state index in [0.29, 0.717) is 12.4 Å². The Bertz CT molecular complexity index is 347. The third-order valence-electron chi connectivity index (χ3n) is 2.27. The lowest BCUT2D eigenvalue weighted by molar-refractivity contribution is 0.0518. The van der Waals surface area contributed by atoms with Crippen LogP contribution in [0.2, 0.25) is 0 Å². The Morgan fingerprint density at radius 2 is 2.25 bits per heavy atom. The molecule has 0 fully saturated rings. The molecule has 90 valence electrons. The number of nitrogen functional groups attached to an aromatic ring is 1. The molecule has 0 radical (unpaired) electrons. The third kappa shape index (κ3) is 3.25. The van der Waals surface area contributed by atoms with Crippen LogP contribution in [0.1, 0.15) is 43.6 Å². The van der Waals surface area contributed by atoms with Gasteiger partial charge >= 0.3 is 5.97 Å². The van der Waals surface area contributed by atoms with Crippen LogP contribution in [-0.4, -0.2) is 22.4 Å². The van der Waals surface area contributed by atoms with Gasteiger partial charge in [-0.05, 0) is 13.3 Å². The van der Waals surface area contributed by atoms with Gasteiger partial charge in [0.25, 0.3) is 0 Å². The summed E-state index contributed by atoms with van der Waals surface area (Å²) in [5, 5.41) is 4.12. The Morgan fingerprint density at radius 3 is 2.88 bits per heavy atom. The maximum atomic E-state index is 11.4. The Morgan fingerprint density at radius 1 is 1.50 bits per heavy atom. The minimum Gasteiger partial charge on any atom is -0.461 e. The molecule has 0 amide bonds. The molecule has 5 nitrogen and oxygen atoms in total. The molecule has 2 N–H and O–H groups in total. The molecule has 1 aromatic heterocycles. The summed E-state index contributed by atoms with van der Waals surface area (Å²) in [6, 6.07) is 1.56. The molecule has 0 aromatic carbocycles. The first-order chi connectivity index (χ1) is 7.69. The van der Waals surface area contributed by atoms with Gasteiger partial charge in [-0.25, -0.2) is 9.48 Å². The van der Waals surface area contributed by atoms with Crippen LogP contribution >= 0.6 is 0 Å². The summed E-state index contributed by atoms with van der Waals surface area (Å²) in [5.41, 5.74) is 6.04. The van der Waals surface area contributed by atoms with E-state index in [1.807, 2.05) is 0 Å². The highest BCUT2D eigenvalue weighted by Gasteiger charge is 2.13. The van der Waals surface area contributed by atoms with Crippen LogP contribution < -0.4 is 5.73 Å². The highest BCUT2D eigenvalue weighted by atomic mass is 16.5. The number of nitrogens with zero attached hydrogens (tertiary/aromatic N) is 2. The smallest absolute Gasteiger partial charge is 0.358 e. The average Bonchev–Trinajstić information content (AvgIpc) is 2.61. The van der Waals surface area contributed by atoms with E-state index in [9.17, 15) is 4.79 Å². The molecule has 0 aliphatic rings. The number of aromatic nitrogens is 2. The van der Waals surface area contributed by atoms with Crippen LogP contribution in [0.25, 0.3) is 0 Å². The molecule has 0 saturated carbocycles. The number of hydrogen-bond acceptors (Lipinski definition) is 4. The first-order valence-corrected chi connectivity index (χ1v) is 5.69. The zero-order valence-electron chi connectivity index (χ0n) is 9.90. The number of rotatable bonds is 6. The minimum absolute atomic E-state index is 0.288. The highest BCUT2D eigenvalue weighted by Crippen LogP contribution is 2.09. The predicted molar refractivity (Wildman–Crippen MR) is 62.1 cm³/mol. The number of carbonyl (C=O) groups excluding carboxylic acids is 1. The zero-order chi connectivity index (χ0) is 12.0. The number of anilines is 1. The van der Waals surface area contributed by atoms with Crippen molar-refractivity contribution in [1.29, 1.82) is 0 Å². The first kappa shape index (κ1) is 12.5. The van der Waals surface area contributed by atoms with E-state index in [-0.39, 0.29) is 5.69 Å². The van der Waals surface area contributed by atoms with Crippen molar-refractivity contribution in [1.82, 2.24) is 9.78 Å². The summed E-state index contributed by atoms with van der Waals surface area (Å²) in [7, 11) is 0. The molecule has 0 aliphatic heterocycles. The monoisotopic (exact) mass is 225 g/mol. The van der Waals surface area contributed by atoms with Crippen molar-refractivity contribution >= 4 is 11.8 Å². The van der Waals surface area contributed by atoms with Gasteiger partial charge in [0, 0.05) is 12.6 Å². The molecule has 0 saturated heterocycles. The third-order valence-corrected chi connectivity index (χ3v) is 2.27. The van der Waals surface area contributed by atoms with E-state index in [4.69, 9.17) is 10.5 Å². The quantitative estimate of drug-likeness (QED) is 0.592. The van der Waals surface area contributed by atoms with Crippen molar-refractivity contribution < 1.29 is 9.53 Å². The van der Waals surface area contributed by atoms with E-state index in [1.165, 1.54) is 0 Å². The van der Waals surface area contributed by atoms with Gasteiger partial charge in [-0.1, -0.05) is 19.8 Å². The fourth-order valence-corrected chi connectivity index (χ4v) is 1.43. The van der Waals surface area contributed by atoms with Crippen molar-refractivity contribution in [3.63, 3.8) is 0 Å². The van der Waals surface area contributed by atoms with E-state index >= 15 is 0 Å². The van der Waals surface area contributed by atoms with Crippen LogP contribution in [0.3, 0.4) is 0 Å². The second-order valence-corrected chi connectivity index (χ2v) is 3.61. The number of ether oxygens (including phenoxy) is 1. The summed E-state index contributed by atoms with van der Waals surface area (Å²) in [5.74, 6) is 0.0996. The number of hydrogen-bond donors (Lipinski definition) is 1. The fourth-order valence-electron chi connectivity index (χ4n) is 1.43. The van der Waals surface area contributed by atoms with Gasteiger partial charge in [-0.3, -0.25) is 0 Å². The molecule has 1 heterocycles. The van der Waals surface area contributed by atoms with Crippen molar-refractivity contribution in [2.24, 2.45) is 0 Å². The maximum absolute atomic E-state index is 11.4. The van der Waals surface area contributed by atoms with Gasteiger partial charge in [0.15, 0.2) is 5.69 Å². The number of aryl methyl sites for hydroxylation is 1. The van der Waals surface area contributed by atoms with Gasteiger partial charge in [0.05, 0.1) is 6.61 Å². The van der Waals surface area contributed by atoms with Crippen molar-refractivity contribution in [2.45, 2.75) is 39.7 Å². The standard InChI is InChI=1S/C11H19N3O2/c1-3-5-6-7-14-10(12)8-9(13-14)11(15)16-4-2/h8H,3-7,12H2,1-2H3. The van der Waals surface area contributed by atoms with Crippen molar-refractivity contribution in [3.05, 3.63) is 11.8 Å². The molecule has 1 rings (SSSR count). The number of unbranched alkanes of at least 4 members (excludes halogenated alkanes) is 2. The molecule has 16 heavy (non-hydrogen) atoms. The van der Waals surface area contributed by atoms with Crippen molar-refractivity contribution in [3.8, 4) is 0 Å². The second-order valence-electron chi connectivity index (χ2n) is 3.61. The van der Waals surface area contributed by atoms with Crippen LogP contribution in [0, 0.1) is 0 Å². The molecular weight excluding hydrogens is 206 g/mol. The van der Waals surface area contributed by atoms with E-state index in [0.717, 1.165) is 25.8 Å². The molecule has 5 heteroatoms. The number of carbonyl (C=O) groups is 1. The van der Waals surface area contributed by atoms with Crippen LogP contribution in [0.4, 0.5) is 5.82 Å². The minimum atomic E-state index is -0.413. The van der Waals surface area contributed by atoms with Gasteiger partial charge in [-0.15, -0.1) is 0 Å². The van der Waals surface area contributed by atoms with Gasteiger partial charge in [0.1, 0.15) is 5.82 Å². The molecule has 0 bridgehead atoms. The van der Waals surface area contributed by atoms with E-state index < -0.39 is 5.97 Å². The van der Waals surface area contributed by atoms with Crippen LogP contribution in [0.5, 0.6) is 0 Å². The van der Waals surface area contributed by atoms with Gasteiger partial charge in [-0.2, -0.15) is 5.10 Å². The topological polar surface area (TPSA) is 70.1 Å². The molecule has 0 aliphatic carbocycles. The van der Waals surface area contributed by atoms with E-state index in [2.05, 4.69) is 12.0 Å². The Balaban J connectivity index is 2.62. The maximum Gasteiger partial charge on any atom is 0.358 e. The first-order valence-electron chi connectivity index (χ1n) is 5.69. The molecule has 1 aromatic rings. The lowest BCUT2D eigenvalue weighted by atomic mass is 10.2. The highest BCUT2D eigenvalue weighted by molar-refractivity contribution is 5.88. The zero-order valence-corrected chi connectivity index (χ0v) is 9.90. The Labute approximate surface area is 95.6 Å². The molecule has 0 atom stereocenters. The molecule has 0 unspecified atom stereocenters. The summed E-state index contributed by atoms with van der Waals surface area (Å²) >= 11 is 0. The lowest BCUT2D eigenvalue weighted by Crippen LogP contribution is -2.08. The van der Waals surface area contributed by atoms with Crippen LogP contribution in [0.15, 0.2) is 6.07 Å². The molecule has 0 spiro atoms. The van der Waals surface area contributed by atoms with Gasteiger partial charge in [0.2, 0.25) is 0 Å². The lowest BCUT2D eigenvalue weighted by Gasteiger charge is -2.02. The summed E-state index contributed by atoms with van der Waals surface area (Å²) < 4.78 is 6.51. The largest absolute Gasteiger partial charge is 0.461 e. The Hall–Kier alpha value is -1.52. The summed E-state index contributed by atoms with van der Waals surface area (Å²) in [4.78, 5) is 11.4. The molecular formula is C11H19N3O2. The number of esters is 1. The summed E-state index contributed by atoms with van der Waals surface area (Å²) in [6.45, 7) is 5.00. The summed E-state index contributed by atoms with van der Waals surface area (Å²) in [6.07, 6.45) is 3.30. The van der Waals surface area contributed by atoms with Gasteiger partial charge < -0.3 is 10.5 Å². The second kappa shape index (κ2) is 6.15.